The lowest BCUT2D eigenvalue weighted by molar-refractivity contribution is -0.134. The second-order valence-corrected chi connectivity index (χ2v) is 5.92. The zero-order chi connectivity index (χ0) is 12.0. The Kier molecular flexibility index (Phi) is 2.69. The second-order valence-electron chi connectivity index (χ2n) is 4.74. The molecule has 0 radical (unpaired) electrons. The van der Waals surface area contributed by atoms with Crippen LogP contribution < -0.4 is 0 Å². The van der Waals surface area contributed by atoms with E-state index in [4.69, 9.17) is 0 Å². The molecular formula is C13H13BrFNO. The summed E-state index contributed by atoms with van der Waals surface area (Å²) in [5.41, 5.74) is 1.06. The van der Waals surface area contributed by atoms with Gasteiger partial charge in [-0.25, -0.2) is 4.39 Å². The Morgan fingerprint density at radius 2 is 2.06 bits per heavy atom. The van der Waals surface area contributed by atoms with Crippen molar-refractivity contribution >= 4 is 21.8 Å². The third kappa shape index (κ3) is 1.69. The topological polar surface area (TPSA) is 20.3 Å². The highest BCUT2D eigenvalue weighted by Gasteiger charge is 2.57. The van der Waals surface area contributed by atoms with Crippen LogP contribution >= 0.6 is 15.9 Å². The van der Waals surface area contributed by atoms with E-state index in [1.807, 2.05) is 30.3 Å². The van der Waals surface area contributed by atoms with Crippen LogP contribution in [0.5, 0.6) is 0 Å². The van der Waals surface area contributed by atoms with Gasteiger partial charge in [-0.05, 0) is 12.0 Å². The molecule has 1 saturated carbocycles. The number of carbonyl (C=O) groups excluding carboxylic acids is 1. The maximum atomic E-state index is 13.9. The fourth-order valence-electron chi connectivity index (χ4n) is 2.88. The number of alkyl halides is 2. The third-order valence-electron chi connectivity index (χ3n) is 3.72. The Morgan fingerprint density at radius 3 is 2.71 bits per heavy atom. The number of nitrogens with zero attached hydrogens (tertiary/aromatic N) is 1. The summed E-state index contributed by atoms with van der Waals surface area (Å²) < 4.78 is 13.9. The highest BCUT2D eigenvalue weighted by Crippen LogP contribution is 2.44. The average molecular weight is 298 g/mol. The van der Waals surface area contributed by atoms with Crippen LogP contribution in [0, 0.1) is 5.92 Å². The second kappa shape index (κ2) is 4.09. The van der Waals surface area contributed by atoms with Gasteiger partial charge < -0.3 is 4.90 Å². The molecule has 0 aromatic heterocycles. The molecule has 1 aliphatic heterocycles. The van der Waals surface area contributed by atoms with Gasteiger partial charge in [0.1, 0.15) is 6.17 Å². The molecule has 4 atom stereocenters. The molecule has 90 valence electrons. The van der Waals surface area contributed by atoms with Crippen LogP contribution in [0.15, 0.2) is 30.3 Å². The van der Waals surface area contributed by atoms with Crippen LogP contribution in [0.2, 0.25) is 0 Å². The molecule has 1 aromatic carbocycles. The standard InChI is InChI=1S/C13H13BrFNO/c14-10-6-9-11(15)12(10)16(13(9)17)7-8-4-2-1-3-5-8/h1-5,9-12H,6-7H2/t9-,10-,11+,12+/m0/s1. The minimum absolute atomic E-state index is 0.0259. The van der Waals surface area contributed by atoms with E-state index in [2.05, 4.69) is 15.9 Å². The van der Waals surface area contributed by atoms with Crippen molar-refractivity contribution in [3.05, 3.63) is 35.9 Å². The molecule has 1 saturated heterocycles. The molecule has 0 N–H and O–H groups in total. The average Bonchev–Trinajstić information content (AvgIpc) is 2.73. The first-order chi connectivity index (χ1) is 8.18. The van der Waals surface area contributed by atoms with Crippen molar-refractivity contribution in [2.24, 2.45) is 5.92 Å². The van der Waals surface area contributed by atoms with Gasteiger partial charge in [0.2, 0.25) is 5.91 Å². The number of hydrogen-bond acceptors (Lipinski definition) is 1. The minimum atomic E-state index is -1.00. The van der Waals surface area contributed by atoms with Crippen molar-refractivity contribution in [2.75, 3.05) is 0 Å². The molecule has 1 heterocycles. The monoisotopic (exact) mass is 297 g/mol. The largest absolute Gasteiger partial charge is 0.331 e. The minimum Gasteiger partial charge on any atom is -0.331 e. The van der Waals surface area contributed by atoms with Crippen LogP contribution in [-0.2, 0) is 11.3 Å². The fourth-order valence-corrected chi connectivity index (χ4v) is 3.86. The summed E-state index contributed by atoms with van der Waals surface area (Å²) in [6, 6.07) is 9.46. The van der Waals surface area contributed by atoms with E-state index in [9.17, 15) is 9.18 Å². The van der Waals surface area contributed by atoms with E-state index in [1.54, 1.807) is 4.90 Å². The molecule has 2 bridgehead atoms. The number of piperidine rings is 1. The Labute approximate surface area is 108 Å². The van der Waals surface area contributed by atoms with E-state index >= 15 is 0 Å². The predicted octanol–water partition coefficient (Wildman–Crippen LogP) is 2.52. The van der Waals surface area contributed by atoms with E-state index < -0.39 is 12.1 Å². The molecule has 3 rings (SSSR count). The maximum absolute atomic E-state index is 13.9. The summed E-state index contributed by atoms with van der Waals surface area (Å²) in [5.74, 6) is -0.449. The maximum Gasteiger partial charge on any atom is 0.229 e. The van der Waals surface area contributed by atoms with E-state index in [1.165, 1.54) is 0 Å². The van der Waals surface area contributed by atoms with E-state index in [0.29, 0.717) is 13.0 Å². The first-order valence-corrected chi connectivity index (χ1v) is 6.72. The Hall–Kier alpha value is -0.900. The Morgan fingerprint density at radius 1 is 1.35 bits per heavy atom. The fraction of sp³-hybridized carbons (Fsp3) is 0.462. The van der Waals surface area contributed by atoms with Crippen molar-refractivity contribution < 1.29 is 9.18 Å². The quantitative estimate of drug-likeness (QED) is 0.768. The van der Waals surface area contributed by atoms with Gasteiger partial charge in [-0.3, -0.25) is 4.79 Å². The molecule has 2 fully saturated rings. The summed E-state index contributed by atoms with van der Waals surface area (Å²) in [6.07, 6.45) is -0.369. The summed E-state index contributed by atoms with van der Waals surface area (Å²) in [4.78, 5) is 13.8. The van der Waals surface area contributed by atoms with Gasteiger partial charge in [-0.2, -0.15) is 0 Å². The van der Waals surface area contributed by atoms with Crippen molar-refractivity contribution in [2.45, 2.75) is 30.0 Å². The zero-order valence-corrected chi connectivity index (χ0v) is 10.8. The van der Waals surface area contributed by atoms with Crippen molar-refractivity contribution in [3.63, 3.8) is 0 Å². The molecule has 2 aliphatic rings. The van der Waals surface area contributed by atoms with Gasteiger partial charge in [0, 0.05) is 11.4 Å². The molecule has 1 amide bonds. The van der Waals surface area contributed by atoms with Gasteiger partial charge in [0.05, 0.1) is 12.0 Å². The molecule has 4 heteroatoms. The number of halogens is 2. The van der Waals surface area contributed by atoms with Gasteiger partial charge in [0.15, 0.2) is 0 Å². The molecule has 0 unspecified atom stereocenters. The number of hydrogen-bond donors (Lipinski definition) is 0. The van der Waals surface area contributed by atoms with Crippen LogP contribution in [0.3, 0.4) is 0 Å². The van der Waals surface area contributed by atoms with E-state index in [-0.39, 0.29) is 16.8 Å². The van der Waals surface area contributed by atoms with Crippen LogP contribution in [0.4, 0.5) is 4.39 Å². The zero-order valence-electron chi connectivity index (χ0n) is 9.22. The van der Waals surface area contributed by atoms with Crippen molar-refractivity contribution in [1.82, 2.24) is 4.90 Å². The lowest BCUT2D eigenvalue weighted by atomic mass is 10.1. The van der Waals surface area contributed by atoms with Crippen LogP contribution in [0.25, 0.3) is 0 Å². The number of rotatable bonds is 2. The van der Waals surface area contributed by atoms with Gasteiger partial charge in [-0.1, -0.05) is 46.3 Å². The summed E-state index contributed by atoms with van der Waals surface area (Å²) in [6.45, 7) is 0.517. The highest BCUT2D eigenvalue weighted by atomic mass is 79.9. The summed E-state index contributed by atoms with van der Waals surface area (Å²) in [5, 5.41) is 0. The predicted molar refractivity (Wildman–Crippen MR) is 66.5 cm³/mol. The first kappa shape index (κ1) is 11.2. The SMILES string of the molecule is O=C1[C@H]2C[C@H](Br)[C@H]([C@@H]2F)N1Cc1ccccc1. The molecule has 1 aromatic rings. The Balaban J connectivity index is 1.83. The van der Waals surface area contributed by atoms with Crippen molar-refractivity contribution in [1.29, 1.82) is 0 Å². The first-order valence-electron chi connectivity index (χ1n) is 5.81. The van der Waals surface area contributed by atoms with Gasteiger partial charge >= 0.3 is 0 Å². The number of carbonyl (C=O) groups is 1. The van der Waals surface area contributed by atoms with Crippen LogP contribution in [0.1, 0.15) is 12.0 Å². The highest BCUT2D eigenvalue weighted by molar-refractivity contribution is 9.09. The molecule has 1 aliphatic carbocycles. The number of likely N-dealkylation sites (tertiary alicyclic amines) is 1. The molecule has 2 nitrogen and oxygen atoms in total. The number of amides is 1. The van der Waals surface area contributed by atoms with E-state index in [0.717, 1.165) is 5.56 Å². The molecular weight excluding hydrogens is 285 g/mol. The van der Waals surface area contributed by atoms with Gasteiger partial charge in [0.25, 0.3) is 0 Å². The number of benzene rings is 1. The van der Waals surface area contributed by atoms with Crippen molar-refractivity contribution in [3.8, 4) is 0 Å². The summed E-state index contributed by atoms with van der Waals surface area (Å²) >= 11 is 3.48. The number of fused-ring (bicyclic) bond motifs is 2. The molecule has 0 spiro atoms. The third-order valence-corrected chi connectivity index (χ3v) is 4.63. The van der Waals surface area contributed by atoms with Gasteiger partial charge in [-0.15, -0.1) is 0 Å². The molecule has 17 heavy (non-hydrogen) atoms. The smallest absolute Gasteiger partial charge is 0.229 e. The summed E-state index contributed by atoms with van der Waals surface area (Å²) in [7, 11) is 0. The Bertz CT molecular complexity index is 438. The lowest BCUT2D eigenvalue weighted by Crippen LogP contribution is -2.42. The normalized spacial score (nSPS) is 35.6. The van der Waals surface area contributed by atoms with Crippen LogP contribution in [-0.4, -0.2) is 27.8 Å². The lowest BCUT2D eigenvalue weighted by Gasteiger charge is -2.30.